The Morgan fingerprint density at radius 3 is 2.69 bits per heavy atom. The second-order valence-corrected chi connectivity index (χ2v) is 8.86. The van der Waals surface area contributed by atoms with E-state index in [9.17, 15) is 18.0 Å². The largest absolute Gasteiger partial charge is 0.416 e. The third-order valence-electron chi connectivity index (χ3n) is 3.71. The van der Waals surface area contributed by atoms with Crippen molar-refractivity contribution in [3.63, 3.8) is 0 Å². The zero-order chi connectivity index (χ0) is 21.0. The van der Waals surface area contributed by atoms with E-state index in [0.29, 0.717) is 21.5 Å². The molecule has 1 heterocycles. The molecule has 0 aliphatic rings. The van der Waals surface area contributed by atoms with Crippen molar-refractivity contribution in [2.75, 3.05) is 5.32 Å². The topological polar surface area (TPSA) is 42.0 Å². The average molecular weight is 477 g/mol. The molecule has 0 unspecified atom stereocenters. The summed E-state index contributed by atoms with van der Waals surface area (Å²) in [7, 11) is 0. The van der Waals surface area contributed by atoms with Crippen LogP contribution in [0.5, 0.6) is 0 Å². The molecule has 1 amide bonds. The molecule has 0 atom stereocenters. The van der Waals surface area contributed by atoms with Crippen LogP contribution in [-0.4, -0.2) is 10.9 Å². The minimum Gasteiger partial charge on any atom is -0.326 e. The number of anilines is 1. The molecule has 0 bridgehead atoms. The standard InChI is InChI=1S/C19H13Cl2F3N2OS2/c20-13-5-4-11(16(21)7-13)9-28-18-26-15(10-29-18)8-17(27)25-14-3-1-2-12(6-14)19(22,23)24/h1-7,10H,8-9H2,(H,25,27). The van der Waals surface area contributed by atoms with Crippen LogP contribution < -0.4 is 5.32 Å². The van der Waals surface area contributed by atoms with Crippen molar-refractivity contribution < 1.29 is 18.0 Å². The molecule has 3 nitrogen and oxygen atoms in total. The summed E-state index contributed by atoms with van der Waals surface area (Å²) >= 11 is 14.9. The molecule has 1 aromatic heterocycles. The van der Waals surface area contributed by atoms with E-state index in [1.54, 1.807) is 17.5 Å². The fraction of sp³-hybridized carbons (Fsp3) is 0.158. The van der Waals surface area contributed by atoms with Gasteiger partial charge in [-0.05, 0) is 35.9 Å². The van der Waals surface area contributed by atoms with Crippen LogP contribution >= 0.6 is 46.3 Å². The summed E-state index contributed by atoms with van der Waals surface area (Å²) in [6.07, 6.45) is -4.50. The van der Waals surface area contributed by atoms with E-state index in [1.165, 1.54) is 35.2 Å². The number of nitrogens with zero attached hydrogens (tertiary/aromatic N) is 1. The van der Waals surface area contributed by atoms with Gasteiger partial charge >= 0.3 is 6.18 Å². The van der Waals surface area contributed by atoms with Crippen molar-refractivity contribution in [1.29, 1.82) is 0 Å². The molecular weight excluding hydrogens is 464 g/mol. The first-order chi connectivity index (χ1) is 13.7. The van der Waals surface area contributed by atoms with Crippen molar-refractivity contribution in [2.24, 2.45) is 0 Å². The molecule has 0 aliphatic heterocycles. The molecule has 152 valence electrons. The Kier molecular flexibility index (Phi) is 7.10. The summed E-state index contributed by atoms with van der Waals surface area (Å²) in [5.74, 6) is 0.159. The van der Waals surface area contributed by atoms with Crippen molar-refractivity contribution in [3.05, 3.63) is 74.7 Å². The predicted molar refractivity (Wildman–Crippen MR) is 112 cm³/mol. The van der Waals surface area contributed by atoms with Crippen LogP contribution in [-0.2, 0) is 23.1 Å². The molecule has 3 aromatic rings. The van der Waals surface area contributed by atoms with Crippen LogP contribution in [0.2, 0.25) is 10.0 Å². The van der Waals surface area contributed by atoms with Gasteiger partial charge in [0.05, 0.1) is 17.7 Å². The van der Waals surface area contributed by atoms with Gasteiger partial charge in [-0.15, -0.1) is 11.3 Å². The predicted octanol–water partition coefficient (Wildman–Crippen LogP) is 6.94. The van der Waals surface area contributed by atoms with Crippen LogP contribution in [0.3, 0.4) is 0 Å². The van der Waals surface area contributed by atoms with E-state index >= 15 is 0 Å². The fourth-order valence-corrected chi connectivity index (χ4v) is 4.76. The highest BCUT2D eigenvalue weighted by Gasteiger charge is 2.30. The van der Waals surface area contributed by atoms with Gasteiger partial charge in [0, 0.05) is 26.9 Å². The zero-order valence-corrected chi connectivity index (χ0v) is 17.7. The third kappa shape index (κ3) is 6.37. The molecule has 0 saturated carbocycles. The summed E-state index contributed by atoms with van der Waals surface area (Å²) in [5, 5.41) is 5.35. The number of hydrogen-bond donors (Lipinski definition) is 1. The summed E-state index contributed by atoms with van der Waals surface area (Å²) in [5.41, 5.74) is 0.736. The van der Waals surface area contributed by atoms with Crippen LogP contribution in [0.1, 0.15) is 16.8 Å². The Hall–Kier alpha value is -1.74. The summed E-state index contributed by atoms with van der Waals surface area (Å²) in [4.78, 5) is 16.5. The van der Waals surface area contributed by atoms with Crippen molar-refractivity contribution in [2.45, 2.75) is 22.7 Å². The Morgan fingerprint density at radius 1 is 1.17 bits per heavy atom. The molecule has 3 rings (SSSR count). The quantitative estimate of drug-likeness (QED) is 0.391. The monoisotopic (exact) mass is 476 g/mol. The number of carbonyl (C=O) groups is 1. The fourth-order valence-electron chi connectivity index (χ4n) is 2.36. The molecule has 0 saturated heterocycles. The Balaban J connectivity index is 1.56. The van der Waals surface area contributed by atoms with Gasteiger partial charge in [-0.1, -0.05) is 47.1 Å². The van der Waals surface area contributed by atoms with Crippen molar-refractivity contribution in [1.82, 2.24) is 4.98 Å². The summed E-state index contributed by atoms with van der Waals surface area (Å²) in [6, 6.07) is 9.78. The SMILES string of the molecule is O=C(Cc1csc(SCc2ccc(Cl)cc2Cl)n1)Nc1cccc(C(F)(F)F)c1. The van der Waals surface area contributed by atoms with Gasteiger partial charge in [-0.2, -0.15) is 13.2 Å². The van der Waals surface area contributed by atoms with E-state index in [4.69, 9.17) is 23.2 Å². The third-order valence-corrected chi connectivity index (χ3v) is 6.42. The van der Waals surface area contributed by atoms with E-state index in [0.717, 1.165) is 22.0 Å². The van der Waals surface area contributed by atoms with Crippen LogP contribution in [0, 0.1) is 0 Å². The molecule has 2 aromatic carbocycles. The maximum atomic E-state index is 12.8. The van der Waals surface area contributed by atoms with E-state index < -0.39 is 17.6 Å². The molecular formula is C19H13Cl2F3N2OS2. The highest BCUT2D eigenvalue weighted by Crippen LogP contribution is 2.32. The van der Waals surface area contributed by atoms with Crippen LogP contribution in [0.15, 0.2) is 52.2 Å². The number of amides is 1. The smallest absolute Gasteiger partial charge is 0.326 e. The first-order valence-electron chi connectivity index (χ1n) is 8.19. The summed E-state index contributed by atoms with van der Waals surface area (Å²) < 4.78 is 39.0. The van der Waals surface area contributed by atoms with Crippen LogP contribution in [0.25, 0.3) is 0 Å². The number of halogens is 5. The van der Waals surface area contributed by atoms with E-state index in [-0.39, 0.29) is 12.1 Å². The number of alkyl halides is 3. The van der Waals surface area contributed by atoms with Gasteiger partial charge < -0.3 is 5.32 Å². The zero-order valence-electron chi connectivity index (χ0n) is 14.6. The maximum Gasteiger partial charge on any atom is 0.416 e. The first-order valence-corrected chi connectivity index (χ1v) is 10.8. The second-order valence-electron chi connectivity index (χ2n) is 5.93. The lowest BCUT2D eigenvalue weighted by atomic mass is 10.2. The highest BCUT2D eigenvalue weighted by atomic mass is 35.5. The number of carbonyl (C=O) groups excluding carboxylic acids is 1. The van der Waals surface area contributed by atoms with Gasteiger partial charge in [0.1, 0.15) is 4.34 Å². The van der Waals surface area contributed by atoms with Gasteiger partial charge in [0.2, 0.25) is 5.91 Å². The molecule has 0 spiro atoms. The second kappa shape index (κ2) is 9.38. The number of hydrogen-bond acceptors (Lipinski definition) is 4. The Bertz CT molecular complexity index is 1020. The Morgan fingerprint density at radius 2 is 1.97 bits per heavy atom. The molecule has 1 N–H and O–H groups in total. The maximum absolute atomic E-state index is 12.8. The van der Waals surface area contributed by atoms with Crippen LogP contribution in [0.4, 0.5) is 18.9 Å². The lowest BCUT2D eigenvalue weighted by Gasteiger charge is -2.09. The molecule has 0 fully saturated rings. The van der Waals surface area contributed by atoms with Gasteiger partial charge in [0.15, 0.2) is 0 Å². The number of thiazole rings is 1. The van der Waals surface area contributed by atoms with E-state index in [2.05, 4.69) is 10.3 Å². The normalized spacial score (nSPS) is 11.5. The Labute approximate surface area is 183 Å². The lowest BCUT2D eigenvalue weighted by Crippen LogP contribution is -2.15. The highest BCUT2D eigenvalue weighted by molar-refractivity contribution is 8.00. The lowest BCUT2D eigenvalue weighted by molar-refractivity contribution is -0.137. The first kappa shape index (κ1) is 22.0. The average Bonchev–Trinajstić information content (AvgIpc) is 3.07. The number of thioether (sulfide) groups is 1. The van der Waals surface area contributed by atoms with Gasteiger partial charge in [-0.3, -0.25) is 4.79 Å². The van der Waals surface area contributed by atoms with Crippen molar-refractivity contribution in [3.8, 4) is 0 Å². The molecule has 0 radical (unpaired) electrons. The number of rotatable bonds is 6. The van der Waals surface area contributed by atoms with E-state index in [1.807, 2.05) is 6.07 Å². The van der Waals surface area contributed by atoms with Gasteiger partial charge in [0.25, 0.3) is 0 Å². The number of aromatic nitrogens is 1. The minimum absolute atomic E-state index is 0.0327. The molecule has 10 heteroatoms. The minimum atomic E-state index is -4.46. The van der Waals surface area contributed by atoms with Crippen molar-refractivity contribution >= 4 is 57.9 Å². The number of benzene rings is 2. The molecule has 0 aliphatic carbocycles. The molecule has 29 heavy (non-hydrogen) atoms. The number of nitrogens with one attached hydrogen (secondary N) is 1. The summed E-state index contributed by atoms with van der Waals surface area (Å²) in [6.45, 7) is 0. The van der Waals surface area contributed by atoms with Gasteiger partial charge in [-0.25, -0.2) is 4.98 Å².